The summed E-state index contributed by atoms with van der Waals surface area (Å²) < 4.78 is 2.05. The van der Waals surface area contributed by atoms with Crippen molar-refractivity contribution in [1.82, 2.24) is 4.57 Å². The fraction of sp³-hybridized carbons (Fsp3) is 0.211. The van der Waals surface area contributed by atoms with Crippen LogP contribution in [0.2, 0.25) is 5.02 Å². The van der Waals surface area contributed by atoms with Crippen LogP contribution in [0.25, 0.3) is 10.9 Å². The van der Waals surface area contributed by atoms with Gasteiger partial charge in [-0.25, -0.2) is 0 Å². The van der Waals surface area contributed by atoms with Gasteiger partial charge in [0.05, 0.1) is 5.69 Å². The van der Waals surface area contributed by atoms with Crippen molar-refractivity contribution in [3.05, 3.63) is 65.3 Å². The summed E-state index contributed by atoms with van der Waals surface area (Å²) in [5.74, 6) is 0.318. The average molecular weight is 325 g/mol. The number of rotatable bonds is 3. The van der Waals surface area contributed by atoms with E-state index in [0.717, 1.165) is 33.6 Å². The lowest BCUT2D eigenvalue weighted by Crippen LogP contribution is -2.14. The predicted molar refractivity (Wildman–Crippen MR) is 93.8 cm³/mol. The fourth-order valence-electron chi connectivity index (χ4n) is 3.24. The maximum atomic E-state index is 12.6. The van der Waals surface area contributed by atoms with Crippen molar-refractivity contribution in [2.75, 3.05) is 5.32 Å². The molecular formula is C19H17ClN2O. The van der Waals surface area contributed by atoms with E-state index in [2.05, 4.69) is 16.0 Å². The largest absolute Gasteiger partial charge is 0.350 e. The SMILES string of the molecule is Cn1ccc2c(NC(=O)C3CC3c3ccccc3Cl)cccc21. The van der Waals surface area contributed by atoms with E-state index in [1.54, 1.807) is 0 Å². The zero-order valence-corrected chi connectivity index (χ0v) is 13.5. The highest BCUT2D eigenvalue weighted by Crippen LogP contribution is 2.50. The van der Waals surface area contributed by atoms with E-state index in [-0.39, 0.29) is 17.7 Å². The fourth-order valence-corrected chi connectivity index (χ4v) is 3.52. The summed E-state index contributed by atoms with van der Waals surface area (Å²) in [6.45, 7) is 0. The number of aryl methyl sites for hydroxylation is 1. The first kappa shape index (κ1) is 14.3. The molecule has 2 unspecified atom stereocenters. The lowest BCUT2D eigenvalue weighted by Gasteiger charge is -2.08. The maximum absolute atomic E-state index is 12.6. The molecule has 1 saturated carbocycles. The number of halogens is 1. The summed E-state index contributed by atoms with van der Waals surface area (Å²) in [4.78, 5) is 12.6. The molecule has 1 aliphatic rings. The monoisotopic (exact) mass is 324 g/mol. The summed E-state index contributed by atoms with van der Waals surface area (Å²) in [6, 6.07) is 15.8. The molecule has 3 nitrogen and oxygen atoms in total. The molecule has 1 amide bonds. The Morgan fingerprint density at radius 2 is 2.00 bits per heavy atom. The molecule has 0 bridgehead atoms. The number of anilines is 1. The van der Waals surface area contributed by atoms with Gasteiger partial charge in [-0.2, -0.15) is 0 Å². The predicted octanol–water partition coefficient (Wildman–Crippen LogP) is 4.57. The van der Waals surface area contributed by atoms with Gasteiger partial charge < -0.3 is 9.88 Å². The van der Waals surface area contributed by atoms with Gasteiger partial charge >= 0.3 is 0 Å². The van der Waals surface area contributed by atoms with Crippen molar-refractivity contribution in [3.8, 4) is 0 Å². The maximum Gasteiger partial charge on any atom is 0.228 e. The summed E-state index contributed by atoms with van der Waals surface area (Å²) in [5, 5.41) is 4.90. The second-order valence-electron chi connectivity index (χ2n) is 6.12. The minimum atomic E-state index is 0.00821. The van der Waals surface area contributed by atoms with Crippen LogP contribution in [0.5, 0.6) is 0 Å². The van der Waals surface area contributed by atoms with E-state index in [9.17, 15) is 4.79 Å². The molecule has 23 heavy (non-hydrogen) atoms. The first-order valence-electron chi connectivity index (χ1n) is 7.74. The van der Waals surface area contributed by atoms with Crippen molar-refractivity contribution >= 4 is 34.1 Å². The molecule has 3 aromatic rings. The number of fused-ring (bicyclic) bond motifs is 1. The van der Waals surface area contributed by atoms with Gasteiger partial charge in [0, 0.05) is 35.1 Å². The van der Waals surface area contributed by atoms with E-state index >= 15 is 0 Å². The molecule has 0 aliphatic heterocycles. The van der Waals surface area contributed by atoms with Crippen LogP contribution >= 0.6 is 11.6 Å². The molecule has 1 aliphatic carbocycles. The highest BCUT2D eigenvalue weighted by molar-refractivity contribution is 6.31. The Balaban J connectivity index is 1.54. The number of nitrogens with one attached hydrogen (secondary N) is 1. The van der Waals surface area contributed by atoms with Gasteiger partial charge in [-0.05, 0) is 42.2 Å². The Labute approximate surface area is 139 Å². The summed E-state index contributed by atoms with van der Waals surface area (Å²) in [6.07, 6.45) is 2.87. The molecule has 4 heteroatoms. The molecule has 116 valence electrons. The van der Waals surface area contributed by atoms with E-state index in [1.807, 2.05) is 55.7 Å². The number of carbonyl (C=O) groups excluding carboxylic acids is 1. The molecule has 0 saturated heterocycles. The molecule has 1 heterocycles. The van der Waals surface area contributed by atoms with E-state index < -0.39 is 0 Å². The third-order valence-electron chi connectivity index (χ3n) is 4.62. The zero-order chi connectivity index (χ0) is 16.0. The molecule has 2 atom stereocenters. The van der Waals surface area contributed by atoms with Crippen molar-refractivity contribution < 1.29 is 4.79 Å². The highest BCUT2D eigenvalue weighted by Gasteiger charge is 2.44. The summed E-state index contributed by atoms with van der Waals surface area (Å²) >= 11 is 6.24. The molecule has 2 aromatic carbocycles. The van der Waals surface area contributed by atoms with Crippen LogP contribution in [0.3, 0.4) is 0 Å². The van der Waals surface area contributed by atoms with Gasteiger partial charge in [0.15, 0.2) is 0 Å². The van der Waals surface area contributed by atoms with Crippen molar-refractivity contribution in [2.24, 2.45) is 13.0 Å². The lowest BCUT2D eigenvalue weighted by molar-refractivity contribution is -0.117. The van der Waals surface area contributed by atoms with Gasteiger partial charge in [-0.1, -0.05) is 35.9 Å². The Morgan fingerprint density at radius 1 is 1.17 bits per heavy atom. The van der Waals surface area contributed by atoms with Crippen LogP contribution in [0.1, 0.15) is 17.9 Å². The Morgan fingerprint density at radius 3 is 2.83 bits per heavy atom. The minimum Gasteiger partial charge on any atom is -0.350 e. The molecule has 1 aromatic heterocycles. The molecule has 0 spiro atoms. The normalized spacial score (nSPS) is 19.7. The summed E-state index contributed by atoms with van der Waals surface area (Å²) in [7, 11) is 2.00. The van der Waals surface area contributed by atoms with Gasteiger partial charge in [0.2, 0.25) is 5.91 Å². The van der Waals surface area contributed by atoms with Crippen LogP contribution < -0.4 is 5.32 Å². The topological polar surface area (TPSA) is 34.0 Å². The van der Waals surface area contributed by atoms with Crippen LogP contribution in [-0.4, -0.2) is 10.5 Å². The molecule has 1 N–H and O–H groups in total. The molecule has 0 radical (unpaired) electrons. The second kappa shape index (κ2) is 5.43. The van der Waals surface area contributed by atoms with Crippen molar-refractivity contribution in [1.29, 1.82) is 0 Å². The van der Waals surface area contributed by atoms with E-state index in [1.165, 1.54) is 0 Å². The van der Waals surface area contributed by atoms with Gasteiger partial charge in [0.25, 0.3) is 0 Å². The zero-order valence-electron chi connectivity index (χ0n) is 12.8. The molecule has 1 fully saturated rings. The number of amides is 1. The van der Waals surface area contributed by atoms with Crippen molar-refractivity contribution in [2.45, 2.75) is 12.3 Å². The number of hydrogen-bond donors (Lipinski definition) is 1. The lowest BCUT2D eigenvalue weighted by atomic mass is 10.1. The van der Waals surface area contributed by atoms with Crippen LogP contribution in [0, 0.1) is 5.92 Å². The van der Waals surface area contributed by atoms with Gasteiger partial charge in [0.1, 0.15) is 0 Å². The number of hydrogen-bond acceptors (Lipinski definition) is 1. The van der Waals surface area contributed by atoms with Gasteiger partial charge in [-0.15, -0.1) is 0 Å². The van der Waals surface area contributed by atoms with Crippen molar-refractivity contribution in [3.63, 3.8) is 0 Å². The number of nitrogens with zero attached hydrogens (tertiary/aromatic N) is 1. The average Bonchev–Trinajstić information content (AvgIpc) is 3.26. The van der Waals surface area contributed by atoms with Crippen LogP contribution in [0.4, 0.5) is 5.69 Å². The van der Waals surface area contributed by atoms with Crippen LogP contribution in [-0.2, 0) is 11.8 Å². The number of carbonyl (C=O) groups is 1. The third-order valence-corrected chi connectivity index (χ3v) is 4.96. The first-order valence-corrected chi connectivity index (χ1v) is 8.12. The number of aromatic nitrogens is 1. The molecular weight excluding hydrogens is 308 g/mol. The smallest absolute Gasteiger partial charge is 0.228 e. The Hall–Kier alpha value is -2.26. The second-order valence-corrected chi connectivity index (χ2v) is 6.53. The Kier molecular flexibility index (Phi) is 3.38. The van der Waals surface area contributed by atoms with E-state index in [0.29, 0.717) is 0 Å². The molecule has 4 rings (SSSR count). The minimum absolute atomic E-state index is 0.00821. The highest BCUT2D eigenvalue weighted by atomic mass is 35.5. The standard InChI is InChI=1S/C19H17ClN2O/c1-22-10-9-13-17(7-4-8-18(13)22)21-19(23)15-11-14(15)12-5-2-3-6-16(12)20/h2-10,14-15H,11H2,1H3,(H,21,23). The summed E-state index contributed by atoms with van der Waals surface area (Å²) in [5.41, 5.74) is 3.06. The quantitative estimate of drug-likeness (QED) is 0.752. The Bertz CT molecular complexity index is 899. The first-order chi connectivity index (χ1) is 11.1. The third kappa shape index (κ3) is 2.51. The number of benzene rings is 2. The van der Waals surface area contributed by atoms with Gasteiger partial charge in [-0.3, -0.25) is 4.79 Å². The van der Waals surface area contributed by atoms with Crippen LogP contribution in [0.15, 0.2) is 54.7 Å². The van der Waals surface area contributed by atoms with E-state index in [4.69, 9.17) is 11.6 Å².